The number of methoxy groups -OCH3 is 1. The van der Waals surface area contributed by atoms with Gasteiger partial charge in [-0.15, -0.1) is 0 Å². The highest BCUT2D eigenvalue weighted by Crippen LogP contribution is 2.27. The molecule has 1 atom stereocenters. The van der Waals surface area contributed by atoms with E-state index in [4.69, 9.17) is 10.5 Å². The molecule has 0 aliphatic heterocycles. The minimum atomic E-state index is -0.334. The van der Waals surface area contributed by atoms with Gasteiger partial charge in [-0.1, -0.05) is 0 Å². The van der Waals surface area contributed by atoms with Crippen molar-refractivity contribution in [1.82, 2.24) is 24.7 Å². The molecule has 3 heterocycles. The molecular formula is C21H24N8O2. The van der Waals surface area contributed by atoms with E-state index < -0.39 is 0 Å². The molecular weight excluding hydrogens is 396 g/mol. The molecule has 3 aromatic heterocycles. The van der Waals surface area contributed by atoms with E-state index in [2.05, 4.69) is 30.7 Å². The maximum absolute atomic E-state index is 13.1. The lowest BCUT2D eigenvalue weighted by Gasteiger charge is -2.14. The molecule has 31 heavy (non-hydrogen) atoms. The summed E-state index contributed by atoms with van der Waals surface area (Å²) in [7, 11) is 3.31. The van der Waals surface area contributed by atoms with E-state index in [1.165, 1.54) is 7.11 Å². The van der Waals surface area contributed by atoms with E-state index in [0.29, 0.717) is 34.3 Å². The second kappa shape index (κ2) is 8.15. The first kappa shape index (κ1) is 20.5. The number of fused-ring (bicyclic) bond motifs is 2. The Hall–Kier alpha value is -3.79. The van der Waals surface area contributed by atoms with Crippen LogP contribution in [0.5, 0.6) is 6.01 Å². The second-order valence-corrected chi connectivity index (χ2v) is 7.45. The number of anilines is 2. The average Bonchev–Trinajstić information content (AvgIpc) is 3.12. The number of nitrogens with zero attached hydrogens (tertiary/aromatic N) is 5. The molecule has 0 fully saturated rings. The van der Waals surface area contributed by atoms with Crippen LogP contribution in [0.25, 0.3) is 21.9 Å². The first-order valence-electron chi connectivity index (χ1n) is 9.81. The molecule has 4 N–H and O–H groups in total. The highest BCUT2D eigenvalue weighted by molar-refractivity contribution is 6.13. The van der Waals surface area contributed by atoms with Crippen LogP contribution >= 0.6 is 0 Å². The molecule has 0 radical (unpaired) electrons. The topological polar surface area (TPSA) is 133 Å². The van der Waals surface area contributed by atoms with Crippen LogP contribution in [0, 0.1) is 6.92 Å². The summed E-state index contributed by atoms with van der Waals surface area (Å²) in [5.41, 5.74) is 9.93. The number of amides is 1. The zero-order valence-corrected chi connectivity index (χ0v) is 17.8. The lowest BCUT2D eigenvalue weighted by Crippen LogP contribution is -2.25. The third kappa shape index (κ3) is 4.10. The Morgan fingerprint density at radius 2 is 2.10 bits per heavy atom. The van der Waals surface area contributed by atoms with Crippen LogP contribution in [0.4, 0.5) is 11.5 Å². The van der Waals surface area contributed by atoms with Crippen molar-refractivity contribution >= 4 is 39.3 Å². The Morgan fingerprint density at radius 3 is 2.84 bits per heavy atom. The number of nitrogens with two attached hydrogens (primary N) is 1. The van der Waals surface area contributed by atoms with Crippen molar-refractivity contribution < 1.29 is 9.53 Å². The summed E-state index contributed by atoms with van der Waals surface area (Å²) >= 11 is 0. The summed E-state index contributed by atoms with van der Waals surface area (Å²) in [4.78, 5) is 26.3. The zero-order chi connectivity index (χ0) is 22.1. The number of carbonyl (C=O) groups excluding carboxylic acids is 1. The van der Waals surface area contributed by atoms with E-state index in [9.17, 15) is 4.79 Å². The molecule has 0 bridgehead atoms. The van der Waals surface area contributed by atoms with Crippen molar-refractivity contribution in [1.29, 1.82) is 0 Å². The second-order valence-electron chi connectivity index (χ2n) is 7.45. The zero-order valence-electron chi connectivity index (χ0n) is 17.8. The lowest BCUT2D eigenvalue weighted by molar-refractivity contribution is 0.102. The molecule has 4 aromatic rings. The largest absolute Gasteiger partial charge is 0.467 e. The molecule has 10 heteroatoms. The smallest absolute Gasteiger partial charge is 0.316 e. The van der Waals surface area contributed by atoms with E-state index in [1.807, 2.05) is 33.2 Å². The third-order valence-corrected chi connectivity index (χ3v) is 4.79. The fourth-order valence-corrected chi connectivity index (χ4v) is 3.33. The van der Waals surface area contributed by atoms with E-state index in [-0.39, 0.29) is 18.0 Å². The molecule has 0 spiro atoms. The molecule has 160 valence electrons. The van der Waals surface area contributed by atoms with Crippen molar-refractivity contribution in [3.05, 3.63) is 41.7 Å². The number of nitrogens with one attached hydrogen (secondary N) is 2. The van der Waals surface area contributed by atoms with Gasteiger partial charge in [0.25, 0.3) is 5.91 Å². The third-order valence-electron chi connectivity index (χ3n) is 4.79. The van der Waals surface area contributed by atoms with Gasteiger partial charge in [-0.05, 0) is 37.6 Å². The van der Waals surface area contributed by atoms with Crippen molar-refractivity contribution in [2.45, 2.75) is 19.9 Å². The van der Waals surface area contributed by atoms with Crippen molar-refractivity contribution in [3.63, 3.8) is 0 Å². The first-order chi connectivity index (χ1) is 14.9. The summed E-state index contributed by atoms with van der Waals surface area (Å²) in [6.45, 7) is 4.41. The number of pyridine rings is 1. The maximum Gasteiger partial charge on any atom is 0.316 e. The molecule has 10 nitrogen and oxygen atoms in total. The molecule has 0 unspecified atom stereocenters. The lowest BCUT2D eigenvalue weighted by atomic mass is 10.1. The molecule has 0 saturated carbocycles. The Kier molecular flexibility index (Phi) is 5.38. The van der Waals surface area contributed by atoms with Crippen LogP contribution in [-0.4, -0.2) is 50.3 Å². The van der Waals surface area contributed by atoms with Crippen molar-refractivity contribution in [2.75, 3.05) is 24.3 Å². The Morgan fingerprint density at radius 1 is 1.29 bits per heavy atom. The summed E-state index contributed by atoms with van der Waals surface area (Å²) < 4.78 is 6.86. The van der Waals surface area contributed by atoms with Crippen molar-refractivity contribution in [3.8, 4) is 6.01 Å². The number of benzene rings is 1. The van der Waals surface area contributed by atoms with Gasteiger partial charge in [-0.3, -0.25) is 9.48 Å². The average molecular weight is 420 g/mol. The number of carbonyl (C=O) groups is 1. The van der Waals surface area contributed by atoms with Gasteiger partial charge in [0.1, 0.15) is 16.9 Å². The molecule has 0 aliphatic rings. The van der Waals surface area contributed by atoms with Crippen LogP contribution in [0.1, 0.15) is 22.8 Å². The Balaban J connectivity index is 1.72. The van der Waals surface area contributed by atoms with Gasteiger partial charge in [-0.25, -0.2) is 9.97 Å². The van der Waals surface area contributed by atoms with Crippen molar-refractivity contribution in [2.24, 2.45) is 12.8 Å². The van der Waals surface area contributed by atoms with E-state index >= 15 is 0 Å². The SMILES string of the molecule is COc1ncc2c(NC[C@H](C)N)ccc(C(=O)Nc3cc(C)c4nn(C)cc4n3)c2n1. The number of hydrogen-bond acceptors (Lipinski definition) is 8. The number of aryl methyl sites for hydroxylation is 2. The number of hydrogen-bond donors (Lipinski definition) is 3. The van der Waals surface area contributed by atoms with E-state index in [0.717, 1.165) is 16.8 Å². The summed E-state index contributed by atoms with van der Waals surface area (Å²) in [5.74, 6) is 0.107. The van der Waals surface area contributed by atoms with Crippen LogP contribution < -0.4 is 21.1 Å². The Bertz CT molecular complexity index is 1280. The molecule has 0 aliphatic carbocycles. The Labute approximate surface area is 178 Å². The molecule has 4 rings (SSSR count). The quantitative estimate of drug-likeness (QED) is 0.432. The number of rotatable bonds is 6. The maximum atomic E-state index is 13.1. The van der Waals surface area contributed by atoms with Gasteiger partial charge in [0.05, 0.1) is 24.4 Å². The predicted molar refractivity (Wildman–Crippen MR) is 119 cm³/mol. The highest BCUT2D eigenvalue weighted by Gasteiger charge is 2.17. The van der Waals surface area contributed by atoms with Crippen LogP contribution in [0.2, 0.25) is 0 Å². The number of aromatic nitrogens is 5. The van der Waals surface area contributed by atoms with Gasteiger partial charge < -0.3 is 21.1 Å². The monoisotopic (exact) mass is 420 g/mol. The molecule has 1 amide bonds. The predicted octanol–water partition coefficient (Wildman–Crippen LogP) is 2.24. The highest BCUT2D eigenvalue weighted by atomic mass is 16.5. The standard InChI is InChI=1S/C21H24N8O2/c1-11-7-17(25-16-10-29(3)28-18(11)16)26-20(30)13-5-6-15(23-8-12(2)22)14-9-24-21(31-4)27-19(13)14/h5-7,9-10,12,23H,8,22H2,1-4H3,(H,25,26,30)/t12-/m0/s1. The fourth-order valence-electron chi connectivity index (χ4n) is 3.33. The van der Waals surface area contributed by atoms with Gasteiger partial charge >= 0.3 is 6.01 Å². The first-order valence-corrected chi connectivity index (χ1v) is 9.81. The number of ether oxygens (including phenoxy) is 1. The van der Waals surface area contributed by atoms with Gasteiger partial charge in [-0.2, -0.15) is 10.1 Å². The minimum absolute atomic E-state index is 0.0334. The van der Waals surface area contributed by atoms with Gasteiger partial charge in [0, 0.05) is 36.9 Å². The van der Waals surface area contributed by atoms with Crippen LogP contribution in [0.15, 0.2) is 30.6 Å². The summed E-state index contributed by atoms with van der Waals surface area (Å²) in [6, 6.07) is 5.47. The normalized spacial score (nSPS) is 12.2. The fraction of sp³-hybridized carbons (Fsp3) is 0.286. The van der Waals surface area contributed by atoms with Crippen LogP contribution in [0.3, 0.4) is 0 Å². The summed E-state index contributed by atoms with van der Waals surface area (Å²) in [6.07, 6.45) is 3.44. The van der Waals surface area contributed by atoms with Gasteiger partial charge in [0.2, 0.25) is 0 Å². The van der Waals surface area contributed by atoms with Crippen LogP contribution in [-0.2, 0) is 7.05 Å². The molecule has 1 aromatic carbocycles. The van der Waals surface area contributed by atoms with Gasteiger partial charge in [0.15, 0.2) is 0 Å². The molecule has 0 saturated heterocycles. The van der Waals surface area contributed by atoms with E-state index in [1.54, 1.807) is 23.0 Å². The minimum Gasteiger partial charge on any atom is -0.467 e. The summed E-state index contributed by atoms with van der Waals surface area (Å²) in [5, 5.41) is 11.2.